The van der Waals surface area contributed by atoms with Gasteiger partial charge in [-0.15, -0.1) is 0 Å². The molecule has 2 aromatic carbocycles. The second-order valence-electron chi connectivity index (χ2n) is 5.73. The maximum Gasteiger partial charge on any atom is 0.270 e. The molecule has 0 atom stereocenters. The van der Waals surface area contributed by atoms with E-state index in [2.05, 4.69) is 10.6 Å². The molecule has 0 unspecified atom stereocenters. The Hall–Kier alpha value is -2.20. The predicted molar refractivity (Wildman–Crippen MR) is 99.5 cm³/mol. The lowest BCUT2D eigenvalue weighted by Gasteiger charge is -2.27. The minimum Gasteiger partial charge on any atom is -0.354 e. The number of benzene rings is 2. The fourth-order valence-electron chi connectivity index (χ4n) is 2.69. The van der Waals surface area contributed by atoms with Gasteiger partial charge in [-0.3, -0.25) is 10.1 Å². The molecule has 1 saturated heterocycles. The lowest BCUT2D eigenvalue weighted by molar-refractivity contribution is -0.385. The molecule has 2 aromatic rings. The summed E-state index contributed by atoms with van der Waals surface area (Å²) in [6, 6.07) is 10.5. The molecular weight excluding hydrogens is 380 g/mol. The van der Waals surface area contributed by atoms with Crippen LogP contribution in [0.4, 0.5) is 17.1 Å². The zero-order valence-corrected chi connectivity index (χ0v) is 15.3. The standard InChI is InChI=1S/C16H17ClN4O4S/c17-12-2-1-3-13(10-12)19-15-5-4-14(21(22)23)11-16(15)26(24,25)20-8-6-18-7-9-20/h1-5,10-11,18-19H,6-9H2. The van der Waals surface area contributed by atoms with Gasteiger partial charge in [-0.25, -0.2) is 8.42 Å². The zero-order valence-electron chi connectivity index (χ0n) is 13.7. The van der Waals surface area contributed by atoms with Crippen LogP contribution in [-0.2, 0) is 10.0 Å². The number of anilines is 2. The lowest BCUT2D eigenvalue weighted by atomic mass is 10.2. The summed E-state index contributed by atoms with van der Waals surface area (Å²) >= 11 is 5.97. The van der Waals surface area contributed by atoms with Crippen molar-refractivity contribution in [2.24, 2.45) is 0 Å². The SMILES string of the molecule is O=[N+]([O-])c1ccc(Nc2cccc(Cl)c2)c(S(=O)(=O)N2CCNCC2)c1. The van der Waals surface area contributed by atoms with E-state index in [0.29, 0.717) is 36.9 Å². The number of sulfonamides is 1. The first-order valence-electron chi connectivity index (χ1n) is 7.90. The first-order valence-corrected chi connectivity index (χ1v) is 9.71. The molecule has 10 heteroatoms. The monoisotopic (exact) mass is 396 g/mol. The van der Waals surface area contributed by atoms with Gasteiger partial charge in [0.05, 0.1) is 10.6 Å². The first-order chi connectivity index (χ1) is 12.4. The van der Waals surface area contributed by atoms with Gasteiger partial charge in [0, 0.05) is 49.0 Å². The minimum absolute atomic E-state index is 0.131. The number of nitrogens with one attached hydrogen (secondary N) is 2. The molecule has 26 heavy (non-hydrogen) atoms. The number of piperazine rings is 1. The van der Waals surface area contributed by atoms with E-state index in [1.165, 1.54) is 16.4 Å². The highest BCUT2D eigenvalue weighted by Gasteiger charge is 2.30. The van der Waals surface area contributed by atoms with E-state index in [-0.39, 0.29) is 16.3 Å². The number of non-ortho nitro benzene ring substituents is 1. The van der Waals surface area contributed by atoms with Crippen molar-refractivity contribution in [1.82, 2.24) is 9.62 Å². The third kappa shape index (κ3) is 3.96. The van der Waals surface area contributed by atoms with Crippen LogP contribution in [0.2, 0.25) is 5.02 Å². The van der Waals surface area contributed by atoms with Crippen LogP contribution in [-0.4, -0.2) is 43.8 Å². The molecule has 8 nitrogen and oxygen atoms in total. The molecule has 1 heterocycles. The third-order valence-corrected chi connectivity index (χ3v) is 6.15. The Balaban J connectivity index is 2.05. The summed E-state index contributed by atoms with van der Waals surface area (Å²) in [5.41, 5.74) is 0.565. The summed E-state index contributed by atoms with van der Waals surface area (Å²) in [6.07, 6.45) is 0. The molecule has 0 saturated carbocycles. The van der Waals surface area contributed by atoms with Gasteiger partial charge < -0.3 is 10.6 Å². The predicted octanol–water partition coefficient (Wildman–Crippen LogP) is 2.59. The van der Waals surface area contributed by atoms with Gasteiger partial charge in [-0.2, -0.15) is 4.31 Å². The number of nitro benzene ring substituents is 1. The largest absolute Gasteiger partial charge is 0.354 e. The van der Waals surface area contributed by atoms with E-state index in [1.807, 2.05) is 0 Å². The molecule has 1 fully saturated rings. The molecule has 138 valence electrons. The fourth-order valence-corrected chi connectivity index (χ4v) is 4.49. The van der Waals surface area contributed by atoms with Crippen molar-refractivity contribution in [2.45, 2.75) is 4.90 Å². The molecule has 0 aliphatic carbocycles. The van der Waals surface area contributed by atoms with E-state index in [1.54, 1.807) is 24.3 Å². The normalized spacial score (nSPS) is 15.6. The van der Waals surface area contributed by atoms with Crippen molar-refractivity contribution < 1.29 is 13.3 Å². The summed E-state index contributed by atoms with van der Waals surface area (Å²) in [5, 5.41) is 17.7. The fraction of sp³-hybridized carbons (Fsp3) is 0.250. The van der Waals surface area contributed by atoms with Gasteiger partial charge in [0.1, 0.15) is 4.90 Å². The lowest BCUT2D eigenvalue weighted by Crippen LogP contribution is -2.46. The van der Waals surface area contributed by atoms with Crippen molar-refractivity contribution in [3.05, 3.63) is 57.6 Å². The molecule has 2 N–H and O–H groups in total. The molecule has 0 bridgehead atoms. The number of hydrogen-bond acceptors (Lipinski definition) is 6. The number of hydrogen-bond donors (Lipinski definition) is 2. The molecule has 1 aliphatic rings. The van der Waals surface area contributed by atoms with E-state index in [0.717, 1.165) is 6.07 Å². The molecule has 0 amide bonds. The highest BCUT2D eigenvalue weighted by atomic mass is 35.5. The topological polar surface area (TPSA) is 105 Å². The molecule has 0 aromatic heterocycles. The van der Waals surface area contributed by atoms with Crippen molar-refractivity contribution >= 4 is 38.7 Å². The van der Waals surface area contributed by atoms with Crippen molar-refractivity contribution in [2.75, 3.05) is 31.5 Å². The molecule has 0 spiro atoms. The molecule has 1 aliphatic heterocycles. The second kappa shape index (κ2) is 7.58. The Kier molecular flexibility index (Phi) is 5.42. The molecular formula is C16H17ClN4O4S. The van der Waals surface area contributed by atoms with Crippen LogP contribution < -0.4 is 10.6 Å². The first kappa shape index (κ1) is 18.6. The maximum atomic E-state index is 13.0. The van der Waals surface area contributed by atoms with Crippen molar-refractivity contribution in [3.8, 4) is 0 Å². The third-order valence-electron chi connectivity index (χ3n) is 3.97. The average molecular weight is 397 g/mol. The number of nitro groups is 1. The van der Waals surface area contributed by atoms with E-state index in [9.17, 15) is 18.5 Å². The molecule has 0 radical (unpaired) electrons. The quantitative estimate of drug-likeness (QED) is 0.594. The summed E-state index contributed by atoms with van der Waals surface area (Å²) in [5.74, 6) is 0. The minimum atomic E-state index is -3.89. The Morgan fingerprint density at radius 1 is 1.15 bits per heavy atom. The summed E-state index contributed by atoms with van der Waals surface area (Å²) < 4.78 is 27.4. The van der Waals surface area contributed by atoms with Crippen LogP contribution in [0, 0.1) is 10.1 Å². The van der Waals surface area contributed by atoms with Gasteiger partial charge in [0.15, 0.2) is 0 Å². The summed E-state index contributed by atoms with van der Waals surface area (Å²) in [6.45, 7) is 1.68. The van der Waals surface area contributed by atoms with Crippen LogP contribution >= 0.6 is 11.6 Å². The number of nitrogens with zero attached hydrogens (tertiary/aromatic N) is 2. The molecule has 3 rings (SSSR count). The Morgan fingerprint density at radius 3 is 2.54 bits per heavy atom. The van der Waals surface area contributed by atoms with E-state index in [4.69, 9.17) is 11.6 Å². The Morgan fingerprint density at radius 2 is 1.88 bits per heavy atom. The van der Waals surface area contributed by atoms with Crippen LogP contribution in [0.1, 0.15) is 0 Å². The highest BCUT2D eigenvalue weighted by molar-refractivity contribution is 7.89. The Bertz CT molecular complexity index is 930. The number of rotatable bonds is 5. The van der Waals surface area contributed by atoms with Gasteiger partial charge in [0.2, 0.25) is 10.0 Å². The highest BCUT2D eigenvalue weighted by Crippen LogP contribution is 2.31. The van der Waals surface area contributed by atoms with Crippen LogP contribution in [0.15, 0.2) is 47.4 Å². The van der Waals surface area contributed by atoms with Gasteiger partial charge in [-0.05, 0) is 24.3 Å². The Labute approximate surface area is 156 Å². The number of halogens is 1. The summed E-state index contributed by atoms with van der Waals surface area (Å²) in [7, 11) is -3.89. The van der Waals surface area contributed by atoms with Gasteiger partial charge >= 0.3 is 0 Å². The van der Waals surface area contributed by atoms with Crippen molar-refractivity contribution in [3.63, 3.8) is 0 Å². The van der Waals surface area contributed by atoms with Crippen LogP contribution in [0.25, 0.3) is 0 Å². The second-order valence-corrected chi connectivity index (χ2v) is 8.07. The van der Waals surface area contributed by atoms with Crippen LogP contribution in [0.5, 0.6) is 0 Å². The summed E-state index contributed by atoms with van der Waals surface area (Å²) in [4.78, 5) is 10.4. The van der Waals surface area contributed by atoms with Crippen LogP contribution in [0.3, 0.4) is 0 Å². The van der Waals surface area contributed by atoms with Gasteiger partial charge in [-0.1, -0.05) is 17.7 Å². The van der Waals surface area contributed by atoms with E-state index >= 15 is 0 Å². The zero-order chi connectivity index (χ0) is 18.7. The van der Waals surface area contributed by atoms with Crippen molar-refractivity contribution in [1.29, 1.82) is 0 Å². The average Bonchev–Trinajstić information content (AvgIpc) is 2.62. The van der Waals surface area contributed by atoms with Gasteiger partial charge in [0.25, 0.3) is 5.69 Å². The van der Waals surface area contributed by atoms with E-state index < -0.39 is 14.9 Å². The maximum absolute atomic E-state index is 13.0. The smallest absolute Gasteiger partial charge is 0.270 e.